The third-order valence-electron chi connectivity index (χ3n) is 6.07. The number of halogens is 1. The molecule has 0 spiro atoms. The zero-order valence-electron chi connectivity index (χ0n) is 17.0. The molecule has 2 atom stereocenters. The molecular weight excluding hydrogens is 369 g/mol. The van der Waals surface area contributed by atoms with Gasteiger partial charge in [-0.15, -0.1) is 0 Å². The SMILES string of the molecule is COc1cc2c(cc1CN[C@H]1CCCN[C@H]1c1ccc(F)cc1)N(C)C(=O)CC2. The molecule has 0 aliphatic carbocycles. The minimum atomic E-state index is -0.216. The second kappa shape index (κ2) is 8.51. The van der Waals surface area contributed by atoms with Crippen LogP contribution in [0.1, 0.15) is 42.0 Å². The van der Waals surface area contributed by atoms with Crippen LogP contribution < -0.4 is 20.3 Å². The zero-order valence-corrected chi connectivity index (χ0v) is 17.0. The van der Waals surface area contributed by atoms with E-state index in [0.717, 1.165) is 53.9 Å². The monoisotopic (exact) mass is 397 g/mol. The molecule has 2 heterocycles. The van der Waals surface area contributed by atoms with Gasteiger partial charge in [-0.2, -0.15) is 0 Å². The number of hydrogen-bond donors (Lipinski definition) is 2. The van der Waals surface area contributed by atoms with Crippen molar-refractivity contribution in [3.8, 4) is 5.75 Å². The summed E-state index contributed by atoms with van der Waals surface area (Å²) >= 11 is 0. The maximum atomic E-state index is 13.3. The molecule has 4 rings (SSSR count). The number of nitrogens with one attached hydrogen (secondary N) is 2. The van der Waals surface area contributed by atoms with Gasteiger partial charge in [0.25, 0.3) is 0 Å². The number of nitrogens with zero attached hydrogens (tertiary/aromatic N) is 1. The first-order valence-electron chi connectivity index (χ1n) is 10.3. The Balaban J connectivity index is 1.54. The second-order valence-corrected chi connectivity index (χ2v) is 7.86. The van der Waals surface area contributed by atoms with Gasteiger partial charge in [0.15, 0.2) is 0 Å². The molecule has 0 bridgehead atoms. The number of fused-ring (bicyclic) bond motifs is 1. The topological polar surface area (TPSA) is 53.6 Å². The first-order chi connectivity index (χ1) is 14.1. The Hall–Kier alpha value is -2.44. The second-order valence-electron chi connectivity index (χ2n) is 7.86. The average Bonchev–Trinajstić information content (AvgIpc) is 2.75. The van der Waals surface area contributed by atoms with Crippen molar-refractivity contribution in [2.24, 2.45) is 0 Å². The number of rotatable bonds is 5. The van der Waals surface area contributed by atoms with Crippen LogP contribution in [-0.2, 0) is 17.8 Å². The summed E-state index contributed by atoms with van der Waals surface area (Å²) in [5, 5.41) is 7.23. The van der Waals surface area contributed by atoms with Crippen molar-refractivity contribution in [1.29, 1.82) is 0 Å². The normalized spacial score (nSPS) is 21.8. The van der Waals surface area contributed by atoms with E-state index in [2.05, 4.69) is 22.8 Å². The van der Waals surface area contributed by atoms with Crippen LogP contribution in [0.5, 0.6) is 5.75 Å². The lowest BCUT2D eigenvalue weighted by molar-refractivity contribution is -0.118. The number of benzene rings is 2. The first kappa shape index (κ1) is 19.9. The maximum absolute atomic E-state index is 13.3. The summed E-state index contributed by atoms with van der Waals surface area (Å²) < 4.78 is 19.0. The van der Waals surface area contributed by atoms with Crippen LogP contribution in [0.25, 0.3) is 0 Å². The van der Waals surface area contributed by atoms with Crippen molar-refractivity contribution >= 4 is 11.6 Å². The molecular formula is C23H28FN3O2. The largest absolute Gasteiger partial charge is 0.496 e. The Bertz CT molecular complexity index is 884. The molecule has 0 radical (unpaired) electrons. The summed E-state index contributed by atoms with van der Waals surface area (Å²) in [6.07, 6.45) is 3.42. The van der Waals surface area contributed by atoms with Gasteiger partial charge in [-0.05, 0) is 61.2 Å². The highest BCUT2D eigenvalue weighted by Gasteiger charge is 2.27. The van der Waals surface area contributed by atoms with Gasteiger partial charge in [0.1, 0.15) is 11.6 Å². The van der Waals surface area contributed by atoms with Crippen molar-refractivity contribution in [1.82, 2.24) is 10.6 Å². The van der Waals surface area contributed by atoms with Crippen LogP contribution in [0, 0.1) is 5.82 Å². The molecule has 0 aromatic heterocycles. The number of amides is 1. The highest BCUT2D eigenvalue weighted by molar-refractivity contribution is 5.96. The van der Waals surface area contributed by atoms with E-state index in [9.17, 15) is 9.18 Å². The molecule has 1 saturated heterocycles. The standard InChI is InChI=1S/C23H28FN3O2/c1-27-20-12-17(21(29-2)13-16(20)7-10-22(27)28)14-26-19-4-3-11-25-23(19)15-5-8-18(24)9-6-15/h5-6,8-9,12-13,19,23,25-26H,3-4,7,10-11,14H2,1-2H3/t19-,23-/m0/s1. The smallest absolute Gasteiger partial charge is 0.227 e. The van der Waals surface area contributed by atoms with Crippen LogP contribution in [0.3, 0.4) is 0 Å². The highest BCUT2D eigenvalue weighted by Crippen LogP contribution is 2.34. The van der Waals surface area contributed by atoms with Crippen molar-refractivity contribution in [2.45, 2.75) is 44.3 Å². The minimum absolute atomic E-state index is 0.136. The summed E-state index contributed by atoms with van der Waals surface area (Å²) in [4.78, 5) is 13.8. The molecule has 2 N–H and O–H groups in total. The highest BCUT2D eigenvalue weighted by atomic mass is 19.1. The van der Waals surface area contributed by atoms with Gasteiger partial charge in [-0.3, -0.25) is 4.79 Å². The Morgan fingerprint density at radius 3 is 2.79 bits per heavy atom. The predicted octanol–water partition coefficient (Wildman–Crippen LogP) is 3.33. The van der Waals surface area contributed by atoms with Gasteiger partial charge in [-0.1, -0.05) is 12.1 Å². The summed E-state index contributed by atoms with van der Waals surface area (Å²) in [7, 11) is 3.52. The van der Waals surface area contributed by atoms with E-state index in [0.29, 0.717) is 13.0 Å². The summed E-state index contributed by atoms with van der Waals surface area (Å²) in [5.74, 6) is 0.780. The molecule has 2 aliphatic rings. The fourth-order valence-corrected chi connectivity index (χ4v) is 4.41. The van der Waals surface area contributed by atoms with E-state index in [1.807, 2.05) is 19.2 Å². The van der Waals surface area contributed by atoms with Gasteiger partial charge < -0.3 is 20.3 Å². The van der Waals surface area contributed by atoms with Crippen molar-refractivity contribution < 1.29 is 13.9 Å². The van der Waals surface area contributed by atoms with Gasteiger partial charge in [0.2, 0.25) is 5.91 Å². The number of hydrogen-bond acceptors (Lipinski definition) is 4. The summed E-state index contributed by atoms with van der Waals surface area (Å²) in [5.41, 5.74) is 4.24. The Morgan fingerprint density at radius 1 is 1.24 bits per heavy atom. The molecule has 2 aromatic rings. The number of ether oxygens (including phenoxy) is 1. The van der Waals surface area contributed by atoms with E-state index in [1.54, 1.807) is 12.0 Å². The van der Waals surface area contributed by atoms with Crippen LogP contribution in [0.4, 0.5) is 10.1 Å². The van der Waals surface area contributed by atoms with Crippen LogP contribution in [-0.4, -0.2) is 32.7 Å². The first-order valence-corrected chi connectivity index (χ1v) is 10.3. The fraction of sp³-hybridized carbons (Fsp3) is 0.435. The average molecular weight is 397 g/mol. The lowest BCUT2D eigenvalue weighted by Crippen LogP contribution is -2.45. The molecule has 0 unspecified atom stereocenters. The van der Waals surface area contributed by atoms with Crippen LogP contribution >= 0.6 is 0 Å². The van der Waals surface area contributed by atoms with Gasteiger partial charge >= 0.3 is 0 Å². The quantitative estimate of drug-likeness (QED) is 0.813. The van der Waals surface area contributed by atoms with E-state index in [1.165, 1.54) is 12.1 Å². The predicted molar refractivity (Wildman–Crippen MR) is 112 cm³/mol. The number of carbonyl (C=O) groups excluding carboxylic acids is 1. The van der Waals surface area contributed by atoms with Gasteiger partial charge in [0, 0.05) is 43.3 Å². The van der Waals surface area contributed by atoms with E-state index < -0.39 is 0 Å². The molecule has 6 heteroatoms. The van der Waals surface area contributed by atoms with E-state index in [4.69, 9.17) is 4.74 Å². The van der Waals surface area contributed by atoms with Crippen molar-refractivity contribution in [3.63, 3.8) is 0 Å². The number of methoxy groups -OCH3 is 1. The van der Waals surface area contributed by atoms with E-state index >= 15 is 0 Å². The number of aryl methyl sites for hydroxylation is 1. The van der Waals surface area contributed by atoms with Crippen molar-refractivity contribution in [3.05, 3.63) is 58.9 Å². The maximum Gasteiger partial charge on any atom is 0.227 e. The van der Waals surface area contributed by atoms with Crippen LogP contribution in [0.2, 0.25) is 0 Å². The summed E-state index contributed by atoms with van der Waals surface area (Å²) in [6.45, 7) is 1.60. The molecule has 29 heavy (non-hydrogen) atoms. The van der Waals surface area contributed by atoms with Gasteiger partial charge in [0.05, 0.1) is 7.11 Å². The fourth-order valence-electron chi connectivity index (χ4n) is 4.41. The molecule has 2 aliphatic heterocycles. The molecule has 5 nitrogen and oxygen atoms in total. The Kier molecular flexibility index (Phi) is 5.83. The third kappa shape index (κ3) is 4.14. The van der Waals surface area contributed by atoms with Gasteiger partial charge in [-0.25, -0.2) is 4.39 Å². The molecule has 154 valence electrons. The summed E-state index contributed by atoms with van der Waals surface area (Å²) in [6, 6.07) is 11.2. The van der Waals surface area contributed by atoms with Crippen LogP contribution in [0.15, 0.2) is 36.4 Å². The third-order valence-corrected chi connectivity index (χ3v) is 6.07. The molecule has 0 saturated carbocycles. The number of piperidine rings is 1. The van der Waals surface area contributed by atoms with Crippen molar-refractivity contribution in [2.75, 3.05) is 25.6 Å². The Morgan fingerprint density at radius 2 is 2.03 bits per heavy atom. The molecule has 1 amide bonds. The lowest BCUT2D eigenvalue weighted by atomic mass is 9.92. The molecule has 2 aromatic carbocycles. The number of carbonyl (C=O) groups is 1. The van der Waals surface area contributed by atoms with E-state index in [-0.39, 0.29) is 23.8 Å². The minimum Gasteiger partial charge on any atom is -0.496 e. The zero-order chi connectivity index (χ0) is 20.4. The Labute approximate surface area is 171 Å². The lowest BCUT2D eigenvalue weighted by Gasteiger charge is -2.34. The molecule has 1 fully saturated rings. The number of anilines is 1.